The second-order valence-corrected chi connectivity index (χ2v) is 12.0. The van der Waals surface area contributed by atoms with Crippen LogP contribution in [0, 0.1) is 0 Å². The maximum atomic E-state index is 13.6. The molecule has 3 fully saturated rings. The normalized spacial score (nSPS) is 23.1. The number of ether oxygens (including phenoxy) is 1. The Morgan fingerprint density at radius 3 is 2.55 bits per heavy atom. The second-order valence-electron chi connectivity index (χ2n) is 11.3. The van der Waals surface area contributed by atoms with Crippen molar-refractivity contribution in [3.8, 4) is 17.0 Å². The highest BCUT2D eigenvalue weighted by Gasteiger charge is 2.43. The van der Waals surface area contributed by atoms with Crippen LogP contribution in [0.3, 0.4) is 0 Å². The Kier molecular flexibility index (Phi) is 6.15. The summed E-state index contributed by atoms with van der Waals surface area (Å²) in [6.45, 7) is 2.43. The molecule has 12 heteroatoms. The van der Waals surface area contributed by atoms with Gasteiger partial charge in [-0.1, -0.05) is 12.1 Å². The van der Waals surface area contributed by atoms with Crippen LogP contribution in [0.5, 0.6) is 5.75 Å². The minimum absolute atomic E-state index is 0.0611. The number of pyridine rings is 1. The van der Waals surface area contributed by atoms with Crippen LogP contribution in [0.4, 0.5) is 19.9 Å². The molecule has 1 spiro atoms. The number of aromatic nitrogens is 3. The van der Waals surface area contributed by atoms with Gasteiger partial charge in [0.2, 0.25) is 11.1 Å². The molecule has 210 valence electrons. The topological polar surface area (TPSA) is 94.9 Å². The fraction of sp³-hybridized carbons (Fsp3) is 0.500. The Morgan fingerprint density at radius 1 is 1.07 bits per heavy atom. The van der Waals surface area contributed by atoms with E-state index in [-0.39, 0.29) is 31.0 Å². The van der Waals surface area contributed by atoms with Crippen molar-refractivity contribution in [1.29, 1.82) is 0 Å². The maximum absolute atomic E-state index is 13.6. The molecule has 6 heterocycles. The van der Waals surface area contributed by atoms with E-state index in [1.807, 2.05) is 24.3 Å². The van der Waals surface area contributed by atoms with Gasteiger partial charge in [-0.15, -0.1) is 0 Å². The molecule has 0 radical (unpaired) electrons. The van der Waals surface area contributed by atoms with Crippen LogP contribution in [-0.2, 0) is 6.42 Å². The summed E-state index contributed by atoms with van der Waals surface area (Å²) in [5.74, 6) is -1.53. The lowest BCUT2D eigenvalue weighted by Gasteiger charge is -2.38. The molecule has 0 aliphatic carbocycles. The molecule has 0 bridgehead atoms. The van der Waals surface area contributed by atoms with Gasteiger partial charge in [-0.25, -0.2) is 8.78 Å². The molecular formula is C28H30F2N6O3S. The number of carbonyl (C=O) groups is 1. The molecule has 1 N–H and O–H groups in total. The Balaban J connectivity index is 0.987. The number of likely N-dealkylation sites (tertiary alicyclic amines) is 1. The van der Waals surface area contributed by atoms with Gasteiger partial charge in [0.15, 0.2) is 0 Å². The zero-order valence-electron chi connectivity index (χ0n) is 21.9. The monoisotopic (exact) mass is 568 g/mol. The van der Waals surface area contributed by atoms with E-state index < -0.39 is 12.0 Å². The first-order valence-electron chi connectivity index (χ1n) is 13.7. The zero-order chi connectivity index (χ0) is 27.5. The Labute approximate surface area is 234 Å². The van der Waals surface area contributed by atoms with Crippen LogP contribution >= 0.6 is 11.5 Å². The van der Waals surface area contributed by atoms with E-state index in [4.69, 9.17) is 4.74 Å². The van der Waals surface area contributed by atoms with Gasteiger partial charge in [-0.2, -0.15) is 9.36 Å². The number of rotatable bonds is 4. The van der Waals surface area contributed by atoms with Crippen molar-refractivity contribution in [1.82, 2.24) is 19.2 Å². The van der Waals surface area contributed by atoms with Gasteiger partial charge in [0.1, 0.15) is 11.4 Å². The summed E-state index contributed by atoms with van der Waals surface area (Å²) < 4.78 is 38.0. The highest BCUT2D eigenvalue weighted by molar-refractivity contribution is 7.09. The third kappa shape index (κ3) is 4.77. The molecule has 1 amide bonds. The molecule has 2 aromatic heterocycles. The molecule has 4 aliphatic rings. The lowest BCUT2D eigenvalue weighted by molar-refractivity contribution is 0.0256. The molecule has 1 aromatic carbocycles. The van der Waals surface area contributed by atoms with Crippen molar-refractivity contribution < 1.29 is 23.4 Å². The van der Waals surface area contributed by atoms with E-state index in [0.29, 0.717) is 31.0 Å². The van der Waals surface area contributed by atoms with Crippen LogP contribution in [0.25, 0.3) is 11.3 Å². The number of carbonyl (C=O) groups excluding carboxylic acids is 1. The van der Waals surface area contributed by atoms with Crippen molar-refractivity contribution in [3.63, 3.8) is 0 Å². The molecule has 7 rings (SSSR count). The molecule has 40 heavy (non-hydrogen) atoms. The summed E-state index contributed by atoms with van der Waals surface area (Å²) in [6, 6.07) is 9.54. The summed E-state index contributed by atoms with van der Waals surface area (Å²) >= 11 is 1.26. The Morgan fingerprint density at radius 2 is 1.85 bits per heavy atom. The van der Waals surface area contributed by atoms with E-state index in [9.17, 15) is 18.7 Å². The van der Waals surface area contributed by atoms with Gasteiger partial charge in [0.25, 0.3) is 11.8 Å². The molecule has 9 nitrogen and oxygen atoms in total. The average molecular weight is 569 g/mol. The maximum Gasteiger partial charge on any atom is 0.267 e. The van der Waals surface area contributed by atoms with Crippen LogP contribution in [0.1, 0.15) is 41.6 Å². The number of aliphatic hydroxyl groups excluding tert-OH is 1. The third-order valence-corrected chi connectivity index (χ3v) is 9.24. The van der Waals surface area contributed by atoms with Gasteiger partial charge in [-0.3, -0.25) is 9.78 Å². The summed E-state index contributed by atoms with van der Waals surface area (Å²) in [7, 11) is 0. The van der Waals surface area contributed by atoms with Crippen molar-refractivity contribution in [2.24, 2.45) is 0 Å². The first kappa shape index (κ1) is 25.6. The molecule has 0 unspecified atom stereocenters. The largest absolute Gasteiger partial charge is 0.485 e. The van der Waals surface area contributed by atoms with E-state index in [1.165, 1.54) is 11.5 Å². The van der Waals surface area contributed by atoms with Gasteiger partial charge < -0.3 is 24.5 Å². The SMILES string of the molecule is O=C(c1ccc(-c2cc3c(cn2)OC2(CCN(c4nc(N5CCC(F)(F)C5)ns4)CC2)C3)cc1)N1CC[C@@H](O)C1. The standard InChI is InChI=1S/C28H30F2N6O3S/c29-28(30)8-12-36(17-28)25-32-26(40-33-25)34-10-6-27(7-11-34)14-20-13-22(31-15-23(20)39-27)18-1-3-19(4-2-18)24(38)35-9-5-21(37)16-35/h1-4,13,15,21,37H,5-12,14,16-17H2/t21-/m1/s1. The van der Waals surface area contributed by atoms with E-state index in [2.05, 4.69) is 25.3 Å². The number of benzene rings is 1. The fourth-order valence-corrected chi connectivity index (χ4v) is 6.88. The first-order chi connectivity index (χ1) is 19.3. The first-order valence-corrected chi connectivity index (χ1v) is 14.5. The third-order valence-electron chi connectivity index (χ3n) is 8.47. The number of alkyl halides is 2. The highest BCUT2D eigenvalue weighted by Crippen LogP contribution is 2.43. The fourth-order valence-electron chi connectivity index (χ4n) is 6.14. The van der Waals surface area contributed by atoms with Crippen LogP contribution < -0.4 is 14.5 Å². The zero-order valence-corrected chi connectivity index (χ0v) is 22.7. The summed E-state index contributed by atoms with van der Waals surface area (Å²) in [4.78, 5) is 27.3. The number of piperidine rings is 1. The Hall–Kier alpha value is -3.38. The molecule has 1 atom stereocenters. The molecule has 4 aliphatic heterocycles. The van der Waals surface area contributed by atoms with Crippen molar-refractivity contribution in [2.45, 2.75) is 49.7 Å². The van der Waals surface area contributed by atoms with Crippen LogP contribution in [0.15, 0.2) is 36.5 Å². The summed E-state index contributed by atoms with van der Waals surface area (Å²) in [5.41, 5.74) is 3.20. The van der Waals surface area contributed by atoms with E-state index in [1.54, 1.807) is 16.0 Å². The smallest absolute Gasteiger partial charge is 0.267 e. The van der Waals surface area contributed by atoms with Crippen molar-refractivity contribution >= 4 is 28.5 Å². The minimum Gasteiger partial charge on any atom is -0.485 e. The predicted octanol–water partition coefficient (Wildman–Crippen LogP) is 3.63. The molecule has 0 saturated carbocycles. The number of aliphatic hydroxyl groups is 1. The van der Waals surface area contributed by atoms with Gasteiger partial charge in [0, 0.05) is 86.6 Å². The van der Waals surface area contributed by atoms with Crippen LogP contribution in [-0.4, -0.2) is 87.2 Å². The highest BCUT2D eigenvalue weighted by atomic mass is 32.1. The lowest BCUT2D eigenvalue weighted by atomic mass is 9.87. The number of hydrogen-bond acceptors (Lipinski definition) is 9. The quantitative estimate of drug-likeness (QED) is 0.510. The van der Waals surface area contributed by atoms with Crippen molar-refractivity contribution in [3.05, 3.63) is 47.7 Å². The number of anilines is 2. The number of hydrogen-bond donors (Lipinski definition) is 1. The number of fused-ring (bicyclic) bond motifs is 1. The molecule has 3 saturated heterocycles. The minimum atomic E-state index is -2.67. The lowest BCUT2D eigenvalue weighted by Crippen LogP contribution is -2.47. The molecule has 3 aromatic rings. The van der Waals surface area contributed by atoms with Gasteiger partial charge in [0.05, 0.1) is 24.5 Å². The Bertz CT molecular complexity index is 1430. The molecular weight excluding hydrogens is 538 g/mol. The van der Waals surface area contributed by atoms with Gasteiger partial charge in [-0.05, 0) is 24.6 Å². The number of nitrogens with zero attached hydrogens (tertiary/aromatic N) is 6. The van der Waals surface area contributed by atoms with E-state index in [0.717, 1.165) is 60.1 Å². The number of amides is 1. The summed E-state index contributed by atoms with van der Waals surface area (Å²) in [6.07, 6.45) is 4.24. The second kappa shape index (κ2) is 9.62. The van der Waals surface area contributed by atoms with Crippen LogP contribution in [0.2, 0.25) is 0 Å². The summed E-state index contributed by atoms with van der Waals surface area (Å²) in [5, 5.41) is 10.5. The number of halogens is 2. The number of β-amino-alcohol motifs (C(OH)–C–C–N with tert-alkyl or cyclic N) is 1. The van der Waals surface area contributed by atoms with Gasteiger partial charge >= 0.3 is 0 Å². The van der Waals surface area contributed by atoms with Crippen molar-refractivity contribution in [2.75, 3.05) is 49.1 Å². The van der Waals surface area contributed by atoms with E-state index >= 15 is 0 Å². The average Bonchev–Trinajstić information content (AvgIpc) is 3.74. The predicted molar refractivity (Wildman–Crippen MR) is 146 cm³/mol.